The average Bonchev–Trinajstić information content (AvgIpc) is 3.78. The molecule has 0 spiro atoms. The summed E-state index contributed by atoms with van der Waals surface area (Å²) in [5, 5.41) is 21.8. The minimum Gasteiger partial charge on any atom is -0.550 e. The number of hydrogen-bond acceptors (Lipinski definition) is 7. The smallest absolute Gasteiger partial charge is 0.227 e. The third-order valence-corrected chi connectivity index (χ3v) is 11.6. The number of likely N-dealkylation sites (tertiary alicyclic amines) is 1. The first kappa shape index (κ1) is 33.3. The van der Waals surface area contributed by atoms with Gasteiger partial charge in [-0.1, -0.05) is 24.3 Å². The van der Waals surface area contributed by atoms with E-state index in [4.69, 9.17) is 4.98 Å². The summed E-state index contributed by atoms with van der Waals surface area (Å²) in [6.45, 7) is 7.91. The lowest BCUT2D eigenvalue weighted by Crippen LogP contribution is -2.60. The number of aliphatic carboxylic acids is 1. The molecule has 2 fully saturated rings. The lowest BCUT2D eigenvalue weighted by atomic mass is 9.80. The molecule has 2 aromatic heterocycles. The van der Waals surface area contributed by atoms with Crippen molar-refractivity contribution in [3.63, 3.8) is 0 Å². The third kappa shape index (κ3) is 7.76. The van der Waals surface area contributed by atoms with E-state index in [0.29, 0.717) is 18.7 Å². The number of benzene rings is 1. The number of nitrogens with zero attached hydrogens (tertiary/aromatic N) is 6. The molecule has 11 nitrogen and oxygen atoms in total. The second kappa shape index (κ2) is 13.5. The molecule has 3 aromatic rings. The Hall–Kier alpha value is -3.61. The number of aryl methyl sites for hydroxylation is 1. The van der Waals surface area contributed by atoms with Gasteiger partial charge in [0, 0.05) is 61.3 Å². The topological polar surface area (TPSA) is 120 Å². The van der Waals surface area contributed by atoms with Crippen LogP contribution >= 0.6 is 11.3 Å². The van der Waals surface area contributed by atoms with Crippen LogP contribution in [0.15, 0.2) is 42.0 Å². The number of nitrogens with one attached hydrogen (secondary N) is 1. The van der Waals surface area contributed by atoms with Crippen LogP contribution in [0, 0.1) is 11.3 Å². The fourth-order valence-electron chi connectivity index (χ4n) is 7.60. The minimum absolute atomic E-state index is 0.198. The molecule has 0 bridgehead atoms. The highest BCUT2D eigenvalue weighted by molar-refractivity contribution is 7.09. The number of aromatic nitrogens is 3. The van der Waals surface area contributed by atoms with Gasteiger partial charge in [0.15, 0.2) is 0 Å². The molecule has 252 valence electrons. The fraction of sp³-hybridized carbons (Fsp3) is 0.571. The Bertz CT molecular complexity index is 1570. The first-order valence-corrected chi connectivity index (χ1v) is 17.8. The summed E-state index contributed by atoms with van der Waals surface area (Å²) in [5.41, 5.74) is 2.72. The summed E-state index contributed by atoms with van der Waals surface area (Å²) in [4.78, 5) is 44.9. The number of carboxylic acid groups (broad SMARTS) is 1. The number of piperazine rings is 1. The maximum absolute atomic E-state index is 13.3. The lowest BCUT2D eigenvalue weighted by molar-refractivity contribution is -0.913. The van der Waals surface area contributed by atoms with Gasteiger partial charge in [0.25, 0.3) is 0 Å². The fourth-order valence-corrected chi connectivity index (χ4v) is 8.34. The number of likely N-dealkylation sites (N-methyl/N-ethyl adjacent to an activating group) is 1. The highest BCUT2D eigenvalue weighted by Gasteiger charge is 2.43. The predicted molar refractivity (Wildman–Crippen MR) is 178 cm³/mol. The van der Waals surface area contributed by atoms with E-state index in [9.17, 15) is 19.5 Å². The van der Waals surface area contributed by atoms with E-state index in [1.165, 1.54) is 11.3 Å². The van der Waals surface area contributed by atoms with Crippen molar-refractivity contribution in [2.75, 3.05) is 67.0 Å². The summed E-state index contributed by atoms with van der Waals surface area (Å²) in [5.74, 6) is -0.930. The normalized spacial score (nSPS) is 20.1. The van der Waals surface area contributed by atoms with Gasteiger partial charge < -0.3 is 29.1 Å². The van der Waals surface area contributed by atoms with Crippen LogP contribution < -0.4 is 10.4 Å². The summed E-state index contributed by atoms with van der Waals surface area (Å²) < 4.78 is 3.96. The zero-order valence-electron chi connectivity index (χ0n) is 27.9. The van der Waals surface area contributed by atoms with Crippen molar-refractivity contribution >= 4 is 29.1 Å². The molecule has 1 aromatic carbocycles. The van der Waals surface area contributed by atoms with E-state index in [0.717, 1.165) is 108 Å². The van der Waals surface area contributed by atoms with Gasteiger partial charge >= 0.3 is 0 Å². The maximum atomic E-state index is 13.3. The monoisotopic (exact) mass is 662 g/mol. The van der Waals surface area contributed by atoms with Crippen LogP contribution in [0.1, 0.15) is 41.8 Å². The number of carbonyl (C=O) groups is 3. The molecule has 2 amide bonds. The van der Waals surface area contributed by atoms with Crippen molar-refractivity contribution in [2.45, 2.75) is 51.6 Å². The number of hydrogen-bond donors (Lipinski definition) is 1. The molecule has 0 radical (unpaired) electrons. The highest BCUT2D eigenvalue weighted by Crippen LogP contribution is 2.40. The van der Waals surface area contributed by atoms with Crippen molar-refractivity contribution in [1.29, 1.82) is 0 Å². The van der Waals surface area contributed by atoms with Crippen molar-refractivity contribution in [1.82, 2.24) is 25.0 Å². The maximum Gasteiger partial charge on any atom is 0.227 e. The number of carboxylic acids is 1. The summed E-state index contributed by atoms with van der Waals surface area (Å²) in [6.07, 6.45) is 7.30. The number of rotatable bonds is 11. The zero-order chi connectivity index (χ0) is 33.2. The number of piperidine rings is 1. The van der Waals surface area contributed by atoms with Crippen molar-refractivity contribution in [3.05, 3.63) is 58.2 Å². The minimum atomic E-state index is -1.22. The van der Waals surface area contributed by atoms with E-state index in [1.54, 1.807) is 0 Å². The Morgan fingerprint density at radius 1 is 1.04 bits per heavy atom. The standard InChI is InChI=1S/C35H47N7O4S/c1-41(2)15-9-26(10-16-41)33(45)39-12-17-42(3,18-13-39)14-6-11-40-24-29(22-37-40)30-25-47-31(38-30)23-36-34(46)35(21-32(43)44)19-27-7-4-5-8-28(27)20-35/h4-5,7-8,22,24-26H,6,9-21,23H2,1-3H3/p+1. The lowest BCUT2D eigenvalue weighted by Gasteiger charge is -2.44. The Balaban J connectivity index is 0.955. The summed E-state index contributed by atoms with van der Waals surface area (Å²) in [6, 6.07) is 7.74. The zero-order valence-corrected chi connectivity index (χ0v) is 28.8. The van der Waals surface area contributed by atoms with Gasteiger partial charge in [-0.2, -0.15) is 5.10 Å². The number of amides is 2. The van der Waals surface area contributed by atoms with E-state index >= 15 is 0 Å². The highest BCUT2D eigenvalue weighted by atomic mass is 32.1. The van der Waals surface area contributed by atoms with Crippen LogP contribution in [0.5, 0.6) is 0 Å². The number of fused-ring (bicyclic) bond motifs is 1. The molecule has 2 aliphatic heterocycles. The van der Waals surface area contributed by atoms with E-state index in [1.807, 2.05) is 46.7 Å². The van der Waals surface area contributed by atoms with Crippen LogP contribution in [-0.4, -0.2) is 113 Å². The van der Waals surface area contributed by atoms with E-state index < -0.39 is 11.4 Å². The molecule has 0 saturated carbocycles. The van der Waals surface area contributed by atoms with Crippen LogP contribution in [0.4, 0.5) is 0 Å². The first-order valence-electron chi connectivity index (χ1n) is 16.9. The van der Waals surface area contributed by atoms with Crippen molar-refractivity contribution in [3.8, 4) is 11.3 Å². The van der Waals surface area contributed by atoms with Gasteiger partial charge in [0.1, 0.15) is 5.01 Å². The molecule has 47 heavy (non-hydrogen) atoms. The number of thiazole rings is 1. The molecular formula is C35H48N7O4S+. The largest absolute Gasteiger partial charge is 0.550 e. The van der Waals surface area contributed by atoms with Gasteiger partial charge in [-0.3, -0.25) is 14.3 Å². The molecule has 1 aliphatic carbocycles. The molecule has 2 saturated heterocycles. The second-order valence-electron chi connectivity index (χ2n) is 14.9. The molecule has 12 heteroatoms. The molecule has 1 N–H and O–H groups in total. The summed E-state index contributed by atoms with van der Waals surface area (Å²) >= 11 is 1.46. The Morgan fingerprint density at radius 2 is 1.72 bits per heavy atom. The first-order chi connectivity index (χ1) is 22.4. The Labute approximate surface area is 281 Å². The van der Waals surface area contributed by atoms with Crippen molar-refractivity contribution in [2.24, 2.45) is 11.3 Å². The Morgan fingerprint density at radius 3 is 2.38 bits per heavy atom. The molecule has 4 heterocycles. The number of carbonyl (C=O) groups excluding carboxylic acids is 3. The molecular weight excluding hydrogens is 614 g/mol. The molecule has 3 aliphatic rings. The van der Waals surface area contributed by atoms with E-state index in [2.05, 4.69) is 36.5 Å². The van der Waals surface area contributed by atoms with Gasteiger partial charge in [0.2, 0.25) is 11.8 Å². The van der Waals surface area contributed by atoms with Crippen molar-refractivity contribution < 1.29 is 28.5 Å². The van der Waals surface area contributed by atoms with Crippen LogP contribution in [0.25, 0.3) is 11.3 Å². The van der Waals surface area contributed by atoms with E-state index in [-0.39, 0.29) is 24.8 Å². The van der Waals surface area contributed by atoms with Gasteiger partial charge in [-0.25, -0.2) is 4.98 Å². The van der Waals surface area contributed by atoms with Gasteiger partial charge in [-0.15, -0.1) is 11.3 Å². The second-order valence-corrected chi connectivity index (χ2v) is 15.8. The average molecular weight is 663 g/mol. The molecule has 0 atom stereocenters. The predicted octanol–water partition coefficient (Wildman–Crippen LogP) is 1.71. The van der Waals surface area contributed by atoms with Crippen LogP contribution in [0.2, 0.25) is 0 Å². The number of quaternary nitrogens is 2. The van der Waals surface area contributed by atoms with Gasteiger partial charge in [0.05, 0.1) is 90.8 Å². The Kier molecular flexibility index (Phi) is 9.55. The summed E-state index contributed by atoms with van der Waals surface area (Å²) in [7, 11) is 6.81. The molecule has 0 unspecified atom stereocenters. The van der Waals surface area contributed by atoms with Crippen LogP contribution in [0.3, 0.4) is 0 Å². The SMILES string of the molecule is C[N+]1(C)CCC(C(=O)N2CC[N+](C)(CCCn3cc(-c4csc(CNC(=O)C5(CC(=O)[O-])Cc6ccccc6C5)n4)cn3)CC2)CC1. The van der Waals surface area contributed by atoms with Gasteiger partial charge in [-0.05, 0) is 24.0 Å². The molecule has 6 rings (SSSR count). The third-order valence-electron chi connectivity index (χ3n) is 10.8. The quantitative estimate of drug-likeness (QED) is 0.313. The van der Waals surface area contributed by atoms with Crippen LogP contribution in [-0.2, 0) is 40.3 Å².